The van der Waals surface area contributed by atoms with Crippen molar-refractivity contribution >= 4 is 41.5 Å². The van der Waals surface area contributed by atoms with Crippen molar-refractivity contribution in [1.29, 1.82) is 0 Å². The van der Waals surface area contributed by atoms with Crippen LogP contribution in [0.15, 0.2) is 30.7 Å². The maximum Gasteiger partial charge on any atom is 0.268 e. The van der Waals surface area contributed by atoms with Gasteiger partial charge >= 0.3 is 0 Å². The number of aromatic nitrogens is 2. The summed E-state index contributed by atoms with van der Waals surface area (Å²) in [7, 11) is 0. The lowest BCUT2D eigenvalue weighted by atomic mass is 10.1. The minimum absolute atomic E-state index is 0. The Kier molecular flexibility index (Phi) is 7.85. The maximum atomic E-state index is 10.9. The van der Waals surface area contributed by atoms with Gasteiger partial charge in [0.1, 0.15) is 5.69 Å². The number of aliphatic hydroxyl groups excluding tert-OH is 1. The average Bonchev–Trinajstić information content (AvgIpc) is 2.92. The van der Waals surface area contributed by atoms with Crippen molar-refractivity contribution in [2.45, 2.75) is 31.9 Å². The molecule has 1 atom stereocenters. The Bertz CT molecular complexity index is 661. The Balaban J connectivity index is 0.00000264. The first-order valence-corrected chi connectivity index (χ1v) is 7.65. The van der Waals surface area contributed by atoms with Gasteiger partial charge in [-0.05, 0) is 30.9 Å². The van der Waals surface area contributed by atoms with E-state index in [9.17, 15) is 9.90 Å². The first-order chi connectivity index (χ1) is 10.5. The molecule has 0 aliphatic carbocycles. The minimum atomic E-state index is -0.580. The fourth-order valence-electron chi connectivity index (χ4n) is 2.19. The first kappa shape index (κ1) is 19.8. The average molecular weight is 379 g/mol. The fraction of sp³-hybridized carbons (Fsp3) is 0.333. The van der Waals surface area contributed by atoms with Crippen LogP contribution in [0.5, 0.6) is 0 Å². The van der Waals surface area contributed by atoms with Gasteiger partial charge in [-0.1, -0.05) is 35.3 Å². The number of imidazole rings is 1. The van der Waals surface area contributed by atoms with Gasteiger partial charge in [-0.25, -0.2) is 4.98 Å². The lowest BCUT2D eigenvalue weighted by molar-refractivity contribution is 0.0995. The van der Waals surface area contributed by atoms with Gasteiger partial charge < -0.3 is 15.4 Å². The molecule has 1 aromatic carbocycles. The molecule has 2 rings (SSSR count). The monoisotopic (exact) mass is 377 g/mol. The molecule has 0 saturated carbocycles. The van der Waals surface area contributed by atoms with Crippen molar-refractivity contribution < 1.29 is 9.90 Å². The zero-order chi connectivity index (χ0) is 16.1. The predicted octanol–water partition coefficient (Wildman–Crippen LogP) is 3.09. The number of rotatable bonds is 7. The Morgan fingerprint density at radius 3 is 2.78 bits per heavy atom. The first-order valence-electron chi connectivity index (χ1n) is 6.90. The molecule has 126 valence electrons. The Morgan fingerprint density at radius 2 is 2.13 bits per heavy atom. The largest absolute Gasteiger partial charge is 0.391 e. The van der Waals surface area contributed by atoms with E-state index < -0.39 is 12.0 Å². The molecule has 0 radical (unpaired) electrons. The van der Waals surface area contributed by atoms with E-state index in [2.05, 4.69) is 4.98 Å². The predicted molar refractivity (Wildman–Crippen MR) is 93.4 cm³/mol. The third-order valence-electron chi connectivity index (χ3n) is 3.32. The smallest absolute Gasteiger partial charge is 0.268 e. The molecule has 2 aromatic rings. The summed E-state index contributed by atoms with van der Waals surface area (Å²) in [6.45, 7) is 0.365. The molecule has 1 aromatic heterocycles. The van der Waals surface area contributed by atoms with Crippen molar-refractivity contribution in [2.75, 3.05) is 0 Å². The number of aliphatic hydroxyl groups is 1. The lowest BCUT2D eigenvalue weighted by Gasteiger charge is -2.11. The number of hydrogen-bond donors (Lipinski definition) is 2. The second-order valence-corrected chi connectivity index (χ2v) is 5.86. The zero-order valence-electron chi connectivity index (χ0n) is 12.3. The van der Waals surface area contributed by atoms with Crippen molar-refractivity contribution in [1.82, 2.24) is 9.55 Å². The van der Waals surface area contributed by atoms with E-state index in [0.29, 0.717) is 23.0 Å². The van der Waals surface area contributed by atoms with Gasteiger partial charge in [0.15, 0.2) is 0 Å². The molecular formula is C15H18Cl3N3O2. The van der Waals surface area contributed by atoms with Crippen LogP contribution in [0.4, 0.5) is 0 Å². The topological polar surface area (TPSA) is 81.1 Å². The highest BCUT2D eigenvalue weighted by Crippen LogP contribution is 2.26. The van der Waals surface area contributed by atoms with Crippen LogP contribution < -0.4 is 5.73 Å². The van der Waals surface area contributed by atoms with Gasteiger partial charge in [0.2, 0.25) is 0 Å². The molecule has 8 heteroatoms. The minimum Gasteiger partial charge on any atom is -0.391 e. The van der Waals surface area contributed by atoms with Crippen molar-refractivity contribution in [3.05, 3.63) is 52.0 Å². The van der Waals surface area contributed by atoms with E-state index >= 15 is 0 Å². The Morgan fingerprint density at radius 1 is 1.39 bits per heavy atom. The van der Waals surface area contributed by atoms with Crippen molar-refractivity contribution in [3.8, 4) is 0 Å². The number of halogens is 3. The second kappa shape index (κ2) is 9.13. The highest BCUT2D eigenvalue weighted by Gasteiger charge is 2.10. The number of aryl methyl sites for hydroxylation is 1. The number of amides is 1. The summed E-state index contributed by atoms with van der Waals surface area (Å²) >= 11 is 12.1. The summed E-state index contributed by atoms with van der Waals surface area (Å²) < 4.78 is 1.65. The molecule has 1 unspecified atom stereocenters. The van der Waals surface area contributed by atoms with Gasteiger partial charge in [-0.2, -0.15) is 0 Å². The normalized spacial score (nSPS) is 11.8. The van der Waals surface area contributed by atoms with Crippen molar-refractivity contribution in [2.24, 2.45) is 5.73 Å². The summed E-state index contributed by atoms with van der Waals surface area (Å²) in [5.74, 6) is -0.580. The van der Waals surface area contributed by atoms with Crippen LogP contribution in [0.1, 0.15) is 28.9 Å². The molecule has 0 aliphatic rings. The van der Waals surface area contributed by atoms with Crippen LogP contribution in [0.2, 0.25) is 10.0 Å². The summed E-state index contributed by atoms with van der Waals surface area (Å²) in [6.07, 6.45) is 4.60. The molecule has 0 bridgehead atoms. The van der Waals surface area contributed by atoms with Gasteiger partial charge in [0.05, 0.1) is 22.5 Å². The fourth-order valence-corrected chi connectivity index (χ4v) is 2.61. The molecule has 23 heavy (non-hydrogen) atoms. The van der Waals surface area contributed by atoms with Crippen LogP contribution in [0.3, 0.4) is 0 Å². The molecule has 0 fully saturated rings. The van der Waals surface area contributed by atoms with E-state index in [1.807, 2.05) is 12.1 Å². The third-order valence-corrected chi connectivity index (χ3v) is 4.18. The van der Waals surface area contributed by atoms with Gasteiger partial charge in [0, 0.05) is 12.7 Å². The van der Waals surface area contributed by atoms with E-state index in [0.717, 1.165) is 18.4 Å². The summed E-state index contributed by atoms with van der Waals surface area (Å²) in [5, 5.41) is 11.1. The SMILES string of the molecule is Cl.NC(=O)c1cn(CC(O)CCCc2cccc(Cl)c2Cl)cn1. The molecule has 5 nitrogen and oxygen atoms in total. The number of benzene rings is 1. The Hall–Kier alpha value is -1.27. The Labute approximate surface area is 150 Å². The third kappa shape index (κ3) is 5.70. The molecule has 1 heterocycles. The number of nitrogens with two attached hydrogens (primary N) is 1. The van der Waals surface area contributed by atoms with Gasteiger partial charge in [-0.3, -0.25) is 4.79 Å². The number of primary amides is 1. The molecule has 0 aliphatic heterocycles. The van der Waals surface area contributed by atoms with E-state index in [1.165, 1.54) is 12.5 Å². The van der Waals surface area contributed by atoms with Crippen LogP contribution in [0.25, 0.3) is 0 Å². The maximum absolute atomic E-state index is 10.9. The van der Waals surface area contributed by atoms with Crippen molar-refractivity contribution in [3.63, 3.8) is 0 Å². The second-order valence-electron chi connectivity index (χ2n) is 5.08. The summed E-state index contributed by atoms with van der Waals surface area (Å²) in [5.41, 5.74) is 6.29. The molecule has 0 spiro atoms. The van der Waals surface area contributed by atoms with E-state index in [-0.39, 0.29) is 18.1 Å². The van der Waals surface area contributed by atoms with Crippen LogP contribution in [0, 0.1) is 0 Å². The molecule has 0 saturated heterocycles. The highest BCUT2D eigenvalue weighted by atomic mass is 35.5. The highest BCUT2D eigenvalue weighted by molar-refractivity contribution is 6.42. The molecule has 3 N–H and O–H groups in total. The summed E-state index contributed by atoms with van der Waals surface area (Å²) in [6, 6.07) is 5.53. The van der Waals surface area contributed by atoms with Gasteiger partial charge in [0.25, 0.3) is 5.91 Å². The van der Waals surface area contributed by atoms with E-state index in [4.69, 9.17) is 28.9 Å². The zero-order valence-corrected chi connectivity index (χ0v) is 14.6. The lowest BCUT2D eigenvalue weighted by Crippen LogP contribution is -2.15. The number of carbonyl (C=O) groups is 1. The van der Waals surface area contributed by atoms with Crippen LogP contribution in [-0.2, 0) is 13.0 Å². The van der Waals surface area contributed by atoms with Gasteiger partial charge in [-0.15, -0.1) is 12.4 Å². The van der Waals surface area contributed by atoms with E-state index in [1.54, 1.807) is 10.6 Å². The van der Waals surface area contributed by atoms with Crippen LogP contribution >= 0.6 is 35.6 Å². The van der Waals surface area contributed by atoms with Crippen LogP contribution in [-0.4, -0.2) is 26.7 Å². The molecular weight excluding hydrogens is 361 g/mol. The number of nitrogens with zero attached hydrogens (tertiary/aromatic N) is 2. The number of hydrogen-bond acceptors (Lipinski definition) is 3. The standard InChI is InChI=1S/C15H17Cl2N3O2.ClH/c16-12-6-2-4-10(14(12)17)3-1-5-11(21)7-20-8-13(15(18)22)19-9-20;/h2,4,6,8-9,11,21H,1,3,5,7H2,(H2,18,22);1H. The number of carbonyl (C=O) groups excluding carboxylic acids is 1. The quantitative estimate of drug-likeness (QED) is 0.777. The summed E-state index contributed by atoms with van der Waals surface area (Å²) in [4.78, 5) is 14.8. The molecule has 1 amide bonds.